The van der Waals surface area contributed by atoms with Gasteiger partial charge in [0.2, 0.25) is 0 Å². The fourth-order valence-corrected chi connectivity index (χ4v) is 7.83. The minimum Gasteiger partial charge on any atom is -0.456 e. The summed E-state index contributed by atoms with van der Waals surface area (Å²) in [4.78, 5) is 0. The minimum atomic E-state index is 0.352. The first kappa shape index (κ1) is 25.5. The first-order valence-electron chi connectivity index (χ1n) is 16.0. The highest BCUT2D eigenvalue weighted by molar-refractivity contribution is 6.11. The van der Waals surface area contributed by atoms with Crippen LogP contribution in [0.2, 0.25) is 0 Å². The summed E-state index contributed by atoms with van der Waals surface area (Å²) in [7, 11) is 0. The van der Waals surface area contributed by atoms with Gasteiger partial charge in [-0.1, -0.05) is 109 Å². The molecule has 0 spiro atoms. The van der Waals surface area contributed by atoms with Gasteiger partial charge in [-0.05, 0) is 93.9 Å². The summed E-state index contributed by atoms with van der Waals surface area (Å²) in [6, 6.07) is 57.5. The zero-order chi connectivity index (χ0) is 30.2. The van der Waals surface area contributed by atoms with Crippen molar-refractivity contribution in [2.45, 2.75) is 12.3 Å². The van der Waals surface area contributed by atoms with Crippen LogP contribution in [0.5, 0.6) is 0 Å². The van der Waals surface area contributed by atoms with Crippen molar-refractivity contribution in [1.29, 1.82) is 0 Å². The maximum absolute atomic E-state index is 6.15. The number of nitrogens with zero attached hydrogens (tertiary/aromatic N) is 1. The minimum absolute atomic E-state index is 0.352. The van der Waals surface area contributed by atoms with Crippen LogP contribution in [0, 0.1) is 0 Å². The van der Waals surface area contributed by atoms with E-state index in [1.807, 2.05) is 12.1 Å². The van der Waals surface area contributed by atoms with Crippen molar-refractivity contribution in [3.05, 3.63) is 174 Å². The highest BCUT2D eigenvalue weighted by Gasteiger charge is 2.26. The van der Waals surface area contributed by atoms with Crippen molar-refractivity contribution in [3.63, 3.8) is 0 Å². The Morgan fingerprint density at radius 1 is 0.478 bits per heavy atom. The molecule has 0 fully saturated rings. The molecule has 1 atom stereocenters. The van der Waals surface area contributed by atoms with Gasteiger partial charge in [0.25, 0.3) is 0 Å². The van der Waals surface area contributed by atoms with Gasteiger partial charge in [0.1, 0.15) is 11.2 Å². The van der Waals surface area contributed by atoms with Gasteiger partial charge in [-0.2, -0.15) is 0 Å². The Balaban J connectivity index is 1.15. The van der Waals surface area contributed by atoms with E-state index in [2.05, 4.69) is 150 Å². The summed E-state index contributed by atoms with van der Waals surface area (Å²) in [5, 5.41) is 4.79. The Bertz CT molecular complexity index is 2620. The van der Waals surface area contributed by atoms with Crippen LogP contribution in [0.25, 0.3) is 71.7 Å². The maximum Gasteiger partial charge on any atom is 0.135 e. The van der Waals surface area contributed by atoms with Crippen LogP contribution in [0.15, 0.2) is 162 Å². The van der Waals surface area contributed by atoms with E-state index >= 15 is 0 Å². The fourth-order valence-electron chi connectivity index (χ4n) is 7.83. The molecular formula is C44H29NO. The van der Waals surface area contributed by atoms with Crippen molar-refractivity contribution < 1.29 is 4.42 Å². The average molecular weight is 588 g/mol. The van der Waals surface area contributed by atoms with Gasteiger partial charge in [-0.3, -0.25) is 0 Å². The maximum atomic E-state index is 6.15. The first-order valence-corrected chi connectivity index (χ1v) is 16.0. The third-order valence-electron chi connectivity index (χ3n) is 9.99. The molecule has 46 heavy (non-hydrogen) atoms. The SMILES string of the molecule is c1ccc(C2Cc3ccccc3-c3cc(-c4ccc5c(c4)c4ccccc4n5-c4ccc5oc6ccccc6c5c4)ccc32)cc1. The third kappa shape index (κ3) is 3.77. The molecule has 0 saturated carbocycles. The van der Waals surface area contributed by atoms with Gasteiger partial charge in [0, 0.05) is 33.2 Å². The molecule has 1 aliphatic rings. The molecule has 0 radical (unpaired) electrons. The highest BCUT2D eigenvalue weighted by Crippen LogP contribution is 2.45. The zero-order valence-corrected chi connectivity index (χ0v) is 25.2. The van der Waals surface area contributed by atoms with Gasteiger partial charge < -0.3 is 8.98 Å². The summed E-state index contributed by atoms with van der Waals surface area (Å²) in [5.74, 6) is 0.352. The van der Waals surface area contributed by atoms with E-state index in [1.54, 1.807) is 0 Å². The quantitative estimate of drug-likeness (QED) is 0.201. The summed E-state index contributed by atoms with van der Waals surface area (Å²) >= 11 is 0. The standard InChI is InChI=1S/C44H29NO/c1-2-10-28(11-3-1)37-26-31-12-4-5-13-33(31)38-24-29(18-21-34(37)38)30-19-22-42-39(25-30)35-14-6-8-16-41(35)45(42)32-20-23-44-40(27-32)36-15-7-9-17-43(36)46-44/h1-25,27,37H,26H2. The molecule has 1 unspecified atom stereocenters. The Hall–Kier alpha value is -5.86. The topological polar surface area (TPSA) is 18.1 Å². The van der Waals surface area contributed by atoms with Gasteiger partial charge in [-0.25, -0.2) is 0 Å². The van der Waals surface area contributed by atoms with E-state index in [-0.39, 0.29) is 0 Å². The Kier molecular flexibility index (Phi) is 5.44. The average Bonchev–Trinajstić information content (AvgIpc) is 3.66. The van der Waals surface area contributed by atoms with Crippen LogP contribution in [0.1, 0.15) is 22.6 Å². The van der Waals surface area contributed by atoms with Gasteiger partial charge in [-0.15, -0.1) is 0 Å². The van der Waals surface area contributed by atoms with Gasteiger partial charge >= 0.3 is 0 Å². The van der Waals surface area contributed by atoms with Crippen molar-refractivity contribution >= 4 is 43.7 Å². The number of furan rings is 1. The Labute approximate surface area is 266 Å². The van der Waals surface area contributed by atoms with E-state index < -0.39 is 0 Å². The number of hydrogen-bond acceptors (Lipinski definition) is 1. The molecule has 1 aliphatic carbocycles. The molecule has 2 heteroatoms. The van der Waals surface area contributed by atoms with Crippen LogP contribution in [-0.2, 0) is 6.42 Å². The van der Waals surface area contributed by atoms with E-state index in [9.17, 15) is 0 Å². The number of rotatable bonds is 3. The smallest absolute Gasteiger partial charge is 0.135 e. The van der Waals surface area contributed by atoms with Gasteiger partial charge in [0.15, 0.2) is 0 Å². The van der Waals surface area contributed by atoms with Crippen molar-refractivity contribution in [1.82, 2.24) is 4.57 Å². The number of aromatic nitrogens is 1. The Morgan fingerprint density at radius 2 is 1.20 bits per heavy atom. The lowest BCUT2D eigenvalue weighted by Crippen LogP contribution is -2.12. The highest BCUT2D eigenvalue weighted by atomic mass is 16.3. The monoisotopic (exact) mass is 587 g/mol. The number of hydrogen-bond donors (Lipinski definition) is 0. The fraction of sp³-hybridized carbons (Fsp3) is 0.0455. The summed E-state index contributed by atoms with van der Waals surface area (Å²) < 4.78 is 8.54. The molecule has 0 bridgehead atoms. The molecule has 0 saturated heterocycles. The van der Waals surface area contributed by atoms with Crippen LogP contribution < -0.4 is 0 Å². The predicted octanol–water partition coefficient (Wildman–Crippen LogP) is 11.7. The number of benzene rings is 7. The van der Waals surface area contributed by atoms with Crippen LogP contribution in [0.3, 0.4) is 0 Å². The van der Waals surface area contributed by atoms with E-state index in [4.69, 9.17) is 4.42 Å². The molecule has 0 N–H and O–H groups in total. The molecular weight excluding hydrogens is 558 g/mol. The second-order valence-electron chi connectivity index (χ2n) is 12.5. The molecule has 216 valence electrons. The lowest BCUT2D eigenvalue weighted by Gasteiger charge is -2.29. The summed E-state index contributed by atoms with van der Waals surface area (Å²) in [5.41, 5.74) is 14.7. The number of fused-ring (bicyclic) bond motifs is 9. The molecule has 9 aromatic rings. The largest absolute Gasteiger partial charge is 0.456 e. The lowest BCUT2D eigenvalue weighted by atomic mass is 9.75. The van der Waals surface area contributed by atoms with Crippen LogP contribution >= 0.6 is 0 Å². The summed E-state index contributed by atoms with van der Waals surface area (Å²) in [6.45, 7) is 0. The van der Waals surface area contributed by atoms with Crippen LogP contribution in [-0.4, -0.2) is 4.57 Å². The molecule has 0 aliphatic heterocycles. The number of para-hydroxylation sites is 2. The van der Waals surface area contributed by atoms with Crippen molar-refractivity contribution in [2.75, 3.05) is 0 Å². The molecule has 2 heterocycles. The van der Waals surface area contributed by atoms with E-state index in [0.29, 0.717) is 5.92 Å². The van der Waals surface area contributed by atoms with E-state index in [0.717, 1.165) is 34.0 Å². The second kappa shape index (κ2) is 9.82. The van der Waals surface area contributed by atoms with E-state index in [1.165, 1.54) is 60.8 Å². The molecule has 10 rings (SSSR count). The third-order valence-corrected chi connectivity index (χ3v) is 9.99. The van der Waals surface area contributed by atoms with Crippen molar-refractivity contribution in [3.8, 4) is 27.9 Å². The lowest BCUT2D eigenvalue weighted by molar-refractivity contribution is 0.669. The molecule has 2 aromatic heterocycles. The molecule has 7 aromatic carbocycles. The van der Waals surface area contributed by atoms with Crippen molar-refractivity contribution in [2.24, 2.45) is 0 Å². The first-order chi connectivity index (χ1) is 22.8. The molecule has 2 nitrogen and oxygen atoms in total. The zero-order valence-electron chi connectivity index (χ0n) is 25.2. The summed E-state index contributed by atoms with van der Waals surface area (Å²) in [6.07, 6.45) is 1.03. The predicted molar refractivity (Wildman–Crippen MR) is 191 cm³/mol. The van der Waals surface area contributed by atoms with Crippen LogP contribution in [0.4, 0.5) is 0 Å². The normalized spacial score (nSPS) is 14.2. The molecule has 0 amide bonds. The van der Waals surface area contributed by atoms with Gasteiger partial charge in [0.05, 0.1) is 11.0 Å². The Morgan fingerprint density at radius 3 is 2.13 bits per heavy atom. The second-order valence-corrected chi connectivity index (χ2v) is 12.5.